The number of nitrogens with two attached hydrogens (primary N) is 1. The van der Waals surface area contributed by atoms with Crippen molar-refractivity contribution < 1.29 is 9.53 Å². The van der Waals surface area contributed by atoms with E-state index in [4.69, 9.17) is 10.5 Å². The molecule has 0 saturated carbocycles. The molecular formula is C11H12N4O2. The van der Waals surface area contributed by atoms with Crippen molar-refractivity contribution in [2.24, 2.45) is 0 Å². The van der Waals surface area contributed by atoms with Gasteiger partial charge in [0.25, 0.3) is 5.91 Å². The molecular weight excluding hydrogens is 220 g/mol. The van der Waals surface area contributed by atoms with E-state index in [0.717, 1.165) is 0 Å². The molecule has 0 fully saturated rings. The summed E-state index contributed by atoms with van der Waals surface area (Å²) in [5.41, 5.74) is 6.52. The van der Waals surface area contributed by atoms with Crippen LogP contribution in [0.5, 0.6) is 5.75 Å². The number of nitrogens with one attached hydrogen (secondary N) is 2. The summed E-state index contributed by atoms with van der Waals surface area (Å²) in [5.74, 6) is 0.572. The number of aromatic nitrogens is 2. The second-order valence-electron chi connectivity index (χ2n) is 3.35. The molecule has 0 aliphatic heterocycles. The van der Waals surface area contributed by atoms with Gasteiger partial charge in [0.2, 0.25) is 0 Å². The molecule has 2 aromatic rings. The fourth-order valence-corrected chi connectivity index (χ4v) is 1.48. The van der Waals surface area contributed by atoms with Gasteiger partial charge >= 0.3 is 0 Å². The van der Waals surface area contributed by atoms with Crippen LogP contribution in [0.4, 0.5) is 11.5 Å². The molecule has 0 aliphatic carbocycles. The van der Waals surface area contributed by atoms with Crippen LogP contribution in [0.15, 0.2) is 30.5 Å². The van der Waals surface area contributed by atoms with Gasteiger partial charge in [0, 0.05) is 6.07 Å². The summed E-state index contributed by atoms with van der Waals surface area (Å²) in [6.45, 7) is 0. The molecule has 17 heavy (non-hydrogen) atoms. The maximum Gasteiger partial charge on any atom is 0.260 e. The van der Waals surface area contributed by atoms with Crippen LogP contribution in [-0.2, 0) is 0 Å². The molecule has 0 atom stereocenters. The smallest absolute Gasteiger partial charge is 0.260 e. The largest absolute Gasteiger partial charge is 0.494 e. The van der Waals surface area contributed by atoms with E-state index in [2.05, 4.69) is 15.5 Å². The van der Waals surface area contributed by atoms with Gasteiger partial charge in [0.15, 0.2) is 5.75 Å². The molecule has 6 heteroatoms. The molecule has 0 unspecified atom stereocenters. The number of H-pyrrole nitrogens is 1. The van der Waals surface area contributed by atoms with Crippen molar-refractivity contribution in [1.82, 2.24) is 10.2 Å². The molecule has 1 aromatic heterocycles. The van der Waals surface area contributed by atoms with E-state index in [1.165, 1.54) is 7.11 Å². The van der Waals surface area contributed by atoms with Gasteiger partial charge in [0.05, 0.1) is 24.6 Å². The Balaban J connectivity index is 2.28. The fourth-order valence-electron chi connectivity index (χ4n) is 1.48. The lowest BCUT2D eigenvalue weighted by Gasteiger charge is -2.10. The minimum atomic E-state index is -0.307. The van der Waals surface area contributed by atoms with Crippen molar-refractivity contribution >= 4 is 17.4 Å². The van der Waals surface area contributed by atoms with Crippen LogP contribution in [0.25, 0.3) is 0 Å². The molecule has 4 N–H and O–H groups in total. The Morgan fingerprint density at radius 2 is 2.29 bits per heavy atom. The quantitative estimate of drug-likeness (QED) is 0.694. The van der Waals surface area contributed by atoms with Crippen LogP contribution in [0.3, 0.4) is 0 Å². The minimum absolute atomic E-state index is 0.307. The van der Waals surface area contributed by atoms with Crippen molar-refractivity contribution in [3.63, 3.8) is 0 Å². The van der Waals surface area contributed by atoms with E-state index in [-0.39, 0.29) is 5.91 Å². The topological polar surface area (TPSA) is 93.0 Å². The number of hydrogen-bond acceptors (Lipinski definition) is 4. The lowest BCUT2D eigenvalue weighted by molar-refractivity contribution is 0.102. The number of carbonyl (C=O) groups is 1. The molecule has 2 rings (SSSR count). The van der Waals surface area contributed by atoms with E-state index in [1.807, 2.05) is 0 Å². The summed E-state index contributed by atoms with van der Waals surface area (Å²) >= 11 is 0. The summed E-state index contributed by atoms with van der Waals surface area (Å²) in [4.78, 5) is 11.9. The highest BCUT2D eigenvalue weighted by Crippen LogP contribution is 2.26. The fraction of sp³-hybridized carbons (Fsp3) is 0.0909. The number of nitrogen functional groups attached to an aromatic ring is 1. The van der Waals surface area contributed by atoms with E-state index < -0.39 is 0 Å². The minimum Gasteiger partial charge on any atom is -0.494 e. The highest BCUT2D eigenvalue weighted by Gasteiger charge is 2.14. The lowest BCUT2D eigenvalue weighted by Crippen LogP contribution is -2.14. The third-order valence-electron chi connectivity index (χ3n) is 2.24. The summed E-state index contributed by atoms with van der Waals surface area (Å²) in [6.07, 6.45) is 1.55. The number of hydrogen-bond donors (Lipinski definition) is 3. The second kappa shape index (κ2) is 4.56. The number of nitrogens with zero attached hydrogens (tertiary/aromatic N) is 1. The third-order valence-corrected chi connectivity index (χ3v) is 2.24. The maximum absolute atomic E-state index is 11.9. The molecule has 1 aromatic carbocycles. The third kappa shape index (κ3) is 2.20. The highest BCUT2D eigenvalue weighted by molar-refractivity contribution is 6.06. The van der Waals surface area contributed by atoms with E-state index >= 15 is 0 Å². The number of amides is 1. The van der Waals surface area contributed by atoms with E-state index in [9.17, 15) is 4.79 Å². The molecule has 0 spiro atoms. The summed E-state index contributed by atoms with van der Waals surface area (Å²) in [6, 6.07) is 6.66. The Hall–Kier alpha value is -2.50. The van der Waals surface area contributed by atoms with Crippen LogP contribution in [0.1, 0.15) is 10.4 Å². The van der Waals surface area contributed by atoms with Crippen LogP contribution >= 0.6 is 0 Å². The highest BCUT2D eigenvalue weighted by atomic mass is 16.5. The summed E-state index contributed by atoms with van der Waals surface area (Å²) < 4.78 is 5.10. The van der Waals surface area contributed by atoms with Gasteiger partial charge in [-0.3, -0.25) is 9.89 Å². The normalized spacial score (nSPS) is 9.94. The number of carbonyl (C=O) groups excluding carboxylic acids is 1. The van der Waals surface area contributed by atoms with Gasteiger partial charge in [-0.1, -0.05) is 6.07 Å². The molecule has 0 bridgehead atoms. The van der Waals surface area contributed by atoms with Gasteiger partial charge < -0.3 is 15.8 Å². The summed E-state index contributed by atoms with van der Waals surface area (Å²) in [7, 11) is 1.47. The van der Waals surface area contributed by atoms with Crippen molar-refractivity contribution in [3.8, 4) is 5.75 Å². The zero-order valence-corrected chi connectivity index (χ0v) is 9.23. The molecule has 1 heterocycles. The zero-order chi connectivity index (χ0) is 12.3. The van der Waals surface area contributed by atoms with Crippen LogP contribution < -0.4 is 15.8 Å². The molecule has 0 radical (unpaired) electrons. The Bertz CT molecular complexity index is 522. The SMILES string of the molecule is COc1c(N)cccc1C(=O)Nc1ccn[nH]1. The number of anilines is 2. The average molecular weight is 232 g/mol. The van der Waals surface area contributed by atoms with Gasteiger partial charge in [0.1, 0.15) is 5.82 Å². The Labute approximate surface area is 97.8 Å². The van der Waals surface area contributed by atoms with Crippen LogP contribution in [0, 0.1) is 0 Å². The number of methoxy groups -OCH3 is 1. The first-order valence-corrected chi connectivity index (χ1v) is 4.95. The monoisotopic (exact) mass is 232 g/mol. The van der Waals surface area contributed by atoms with Crippen molar-refractivity contribution in [1.29, 1.82) is 0 Å². The van der Waals surface area contributed by atoms with Gasteiger partial charge in [-0.2, -0.15) is 5.10 Å². The first-order valence-electron chi connectivity index (χ1n) is 4.95. The van der Waals surface area contributed by atoms with E-state index in [0.29, 0.717) is 22.8 Å². The van der Waals surface area contributed by atoms with Gasteiger partial charge in [-0.25, -0.2) is 0 Å². The first-order chi connectivity index (χ1) is 8.22. The van der Waals surface area contributed by atoms with Gasteiger partial charge in [-0.05, 0) is 12.1 Å². The lowest BCUT2D eigenvalue weighted by atomic mass is 10.1. The average Bonchev–Trinajstić information content (AvgIpc) is 2.81. The van der Waals surface area contributed by atoms with Crippen molar-refractivity contribution in [3.05, 3.63) is 36.0 Å². The first kappa shape index (κ1) is 11.0. The summed E-state index contributed by atoms with van der Waals surface area (Å²) in [5, 5.41) is 9.02. The number of ether oxygens (including phenoxy) is 1. The second-order valence-corrected chi connectivity index (χ2v) is 3.35. The van der Waals surface area contributed by atoms with Crippen molar-refractivity contribution in [2.45, 2.75) is 0 Å². The predicted molar refractivity (Wildman–Crippen MR) is 63.9 cm³/mol. The maximum atomic E-state index is 11.9. The Morgan fingerprint density at radius 3 is 2.94 bits per heavy atom. The molecule has 0 aliphatic rings. The molecule has 88 valence electrons. The number of para-hydroxylation sites is 1. The predicted octanol–water partition coefficient (Wildman–Crippen LogP) is 1.25. The molecule has 0 saturated heterocycles. The standard InChI is InChI=1S/C11H12N4O2/c1-17-10-7(3-2-4-8(10)12)11(16)14-9-5-6-13-15-9/h2-6H,12H2,1H3,(H2,13,14,15,16). The van der Waals surface area contributed by atoms with Crippen LogP contribution in [0.2, 0.25) is 0 Å². The van der Waals surface area contributed by atoms with Crippen LogP contribution in [-0.4, -0.2) is 23.2 Å². The number of benzene rings is 1. The zero-order valence-electron chi connectivity index (χ0n) is 9.23. The number of aromatic amines is 1. The molecule has 1 amide bonds. The number of rotatable bonds is 3. The Kier molecular flexibility index (Phi) is 2.95. The van der Waals surface area contributed by atoms with Gasteiger partial charge in [-0.15, -0.1) is 0 Å². The van der Waals surface area contributed by atoms with E-state index in [1.54, 1.807) is 30.5 Å². The van der Waals surface area contributed by atoms with Crippen molar-refractivity contribution in [2.75, 3.05) is 18.2 Å². The molecule has 6 nitrogen and oxygen atoms in total. The Morgan fingerprint density at radius 1 is 1.47 bits per heavy atom.